The number of hydrogen-bond acceptors (Lipinski definition) is 2. The van der Waals surface area contributed by atoms with Crippen LogP contribution in [0.4, 0.5) is 0 Å². The first-order valence-electron chi connectivity index (χ1n) is 6.06. The Morgan fingerprint density at radius 3 is 2.53 bits per heavy atom. The van der Waals surface area contributed by atoms with Gasteiger partial charge in [0.2, 0.25) is 0 Å². The summed E-state index contributed by atoms with van der Waals surface area (Å²) in [7, 11) is 0. The van der Waals surface area contributed by atoms with Gasteiger partial charge >= 0.3 is 0 Å². The van der Waals surface area contributed by atoms with Gasteiger partial charge < -0.3 is 10.2 Å². The summed E-state index contributed by atoms with van der Waals surface area (Å²) in [5, 5.41) is 3.46. The molecule has 1 rings (SSSR count). The number of nitrogens with zero attached hydrogens (tertiary/aromatic N) is 1. The second-order valence-electron chi connectivity index (χ2n) is 5.81. The molecular weight excluding hydrogens is 259 g/mol. The van der Waals surface area contributed by atoms with Crippen molar-refractivity contribution >= 4 is 29.1 Å². The molecule has 3 nitrogen and oxygen atoms in total. The van der Waals surface area contributed by atoms with Crippen LogP contribution < -0.4 is 5.32 Å². The summed E-state index contributed by atoms with van der Waals surface area (Å²) in [6, 6.07) is 0.190. The molecule has 17 heavy (non-hydrogen) atoms. The number of carbonyl (C=O) groups is 1. The summed E-state index contributed by atoms with van der Waals surface area (Å²) in [5.41, 5.74) is -0.0776. The first-order valence-corrected chi connectivity index (χ1v) is 6.94. The minimum Gasteiger partial charge on any atom is -0.334 e. The molecule has 0 aliphatic carbocycles. The fraction of sp³-hybridized carbons (Fsp3) is 0.917. The molecule has 1 unspecified atom stereocenters. The van der Waals surface area contributed by atoms with Crippen molar-refractivity contribution in [2.24, 2.45) is 5.92 Å². The van der Waals surface area contributed by atoms with E-state index in [9.17, 15) is 4.79 Å². The highest BCUT2D eigenvalue weighted by Gasteiger charge is 2.37. The van der Waals surface area contributed by atoms with Crippen molar-refractivity contribution in [2.75, 3.05) is 13.1 Å². The van der Waals surface area contributed by atoms with E-state index in [1.165, 1.54) is 0 Å². The van der Waals surface area contributed by atoms with E-state index in [-0.39, 0.29) is 17.5 Å². The second-order valence-corrected chi connectivity index (χ2v) is 6.91. The van der Waals surface area contributed by atoms with Crippen molar-refractivity contribution in [3.8, 4) is 0 Å². The van der Waals surface area contributed by atoms with E-state index in [1.54, 1.807) is 0 Å². The molecule has 0 saturated carbocycles. The van der Waals surface area contributed by atoms with Crippen LogP contribution in [0.5, 0.6) is 0 Å². The van der Waals surface area contributed by atoms with E-state index in [1.807, 2.05) is 4.90 Å². The van der Waals surface area contributed by atoms with Crippen LogP contribution in [0.15, 0.2) is 0 Å². The molecule has 0 bridgehead atoms. The zero-order valence-corrected chi connectivity index (χ0v) is 12.5. The zero-order valence-electron chi connectivity index (χ0n) is 11.0. The number of halogens is 2. The lowest BCUT2D eigenvalue weighted by Gasteiger charge is -2.45. The monoisotopic (exact) mass is 280 g/mol. The Morgan fingerprint density at radius 2 is 2.06 bits per heavy atom. The minimum absolute atomic E-state index is 0.0776. The van der Waals surface area contributed by atoms with Crippen LogP contribution in [-0.2, 0) is 4.79 Å². The summed E-state index contributed by atoms with van der Waals surface area (Å²) < 4.78 is 0. The van der Waals surface area contributed by atoms with E-state index in [2.05, 4.69) is 33.0 Å². The average molecular weight is 281 g/mol. The third-order valence-electron chi connectivity index (χ3n) is 3.04. The standard InChI is InChI=1S/C12H22Cl2N2O/c1-8(2)5-9-6-15-12(3,4)7-16(9)11(17)10(13)14/h8-10,15H,5-7H2,1-4H3. The largest absolute Gasteiger partial charge is 0.334 e. The average Bonchev–Trinajstić information content (AvgIpc) is 2.18. The Balaban J connectivity index is 2.78. The summed E-state index contributed by atoms with van der Waals surface area (Å²) in [6.07, 6.45) is 0.968. The van der Waals surface area contributed by atoms with Crippen molar-refractivity contribution in [3.05, 3.63) is 0 Å². The van der Waals surface area contributed by atoms with Gasteiger partial charge in [-0.2, -0.15) is 0 Å². The van der Waals surface area contributed by atoms with Gasteiger partial charge in [0.15, 0.2) is 4.84 Å². The Morgan fingerprint density at radius 1 is 1.47 bits per heavy atom. The zero-order chi connectivity index (χ0) is 13.2. The number of hydrogen-bond donors (Lipinski definition) is 1. The molecule has 0 aromatic carbocycles. The quantitative estimate of drug-likeness (QED) is 0.806. The lowest BCUT2D eigenvalue weighted by molar-refractivity contribution is -0.134. The lowest BCUT2D eigenvalue weighted by Crippen LogP contribution is -2.63. The number of piperazine rings is 1. The Labute approximate surface area is 114 Å². The van der Waals surface area contributed by atoms with E-state index in [4.69, 9.17) is 23.2 Å². The molecule has 1 aliphatic rings. The Kier molecular flexibility index (Phi) is 5.11. The number of amides is 1. The molecule has 1 heterocycles. The molecule has 1 N–H and O–H groups in total. The van der Waals surface area contributed by atoms with Crippen molar-refractivity contribution in [1.82, 2.24) is 10.2 Å². The number of carbonyl (C=O) groups excluding carboxylic acids is 1. The van der Waals surface area contributed by atoms with Gasteiger partial charge in [-0.25, -0.2) is 0 Å². The SMILES string of the molecule is CC(C)CC1CNC(C)(C)CN1C(=O)C(Cl)Cl. The number of nitrogens with one attached hydrogen (secondary N) is 1. The van der Waals surface area contributed by atoms with Gasteiger partial charge in [0, 0.05) is 24.7 Å². The van der Waals surface area contributed by atoms with Crippen molar-refractivity contribution in [3.63, 3.8) is 0 Å². The van der Waals surface area contributed by atoms with Crippen molar-refractivity contribution in [1.29, 1.82) is 0 Å². The third-order valence-corrected chi connectivity index (χ3v) is 3.41. The minimum atomic E-state index is -0.960. The van der Waals surface area contributed by atoms with Gasteiger partial charge in [0.1, 0.15) is 0 Å². The molecule has 0 aromatic rings. The molecule has 0 radical (unpaired) electrons. The van der Waals surface area contributed by atoms with Gasteiger partial charge in [-0.1, -0.05) is 37.0 Å². The molecule has 0 spiro atoms. The first-order chi connectivity index (χ1) is 7.73. The maximum Gasteiger partial charge on any atom is 0.256 e. The van der Waals surface area contributed by atoms with Gasteiger partial charge in [-0.3, -0.25) is 4.79 Å². The maximum absolute atomic E-state index is 12.0. The maximum atomic E-state index is 12.0. The van der Waals surface area contributed by atoms with E-state index >= 15 is 0 Å². The molecule has 100 valence electrons. The van der Waals surface area contributed by atoms with Crippen LogP contribution in [0, 0.1) is 5.92 Å². The van der Waals surface area contributed by atoms with Gasteiger partial charge in [0.05, 0.1) is 0 Å². The van der Waals surface area contributed by atoms with Crippen molar-refractivity contribution < 1.29 is 4.79 Å². The summed E-state index contributed by atoms with van der Waals surface area (Å²) in [6.45, 7) is 9.92. The van der Waals surface area contributed by atoms with Crippen LogP contribution in [0.3, 0.4) is 0 Å². The normalized spacial score (nSPS) is 24.5. The summed E-state index contributed by atoms with van der Waals surface area (Å²) in [5.74, 6) is 0.371. The smallest absolute Gasteiger partial charge is 0.256 e. The predicted octanol–water partition coefficient (Wildman–Crippen LogP) is 2.42. The molecular formula is C12H22Cl2N2O. The third kappa shape index (κ3) is 4.31. The molecule has 1 atom stereocenters. The highest BCUT2D eigenvalue weighted by molar-refractivity contribution is 6.53. The summed E-state index contributed by atoms with van der Waals surface area (Å²) >= 11 is 11.4. The van der Waals surface area contributed by atoms with E-state index in [0.717, 1.165) is 13.0 Å². The van der Waals surface area contributed by atoms with Crippen LogP contribution in [0.2, 0.25) is 0 Å². The van der Waals surface area contributed by atoms with Gasteiger partial charge in [-0.05, 0) is 26.2 Å². The number of alkyl halides is 2. The fourth-order valence-corrected chi connectivity index (χ4v) is 2.50. The molecule has 5 heteroatoms. The van der Waals surface area contributed by atoms with E-state index in [0.29, 0.717) is 12.5 Å². The molecule has 1 amide bonds. The molecule has 1 saturated heterocycles. The molecule has 1 aliphatic heterocycles. The van der Waals surface area contributed by atoms with E-state index < -0.39 is 4.84 Å². The topological polar surface area (TPSA) is 32.3 Å². The van der Waals surface area contributed by atoms with Crippen LogP contribution in [0.1, 0.15) is 34.1 Å². The first kappa shape index (κ1) is 15.1. The fourth-order valence-electron chi connectivity index (χ4n) is 2.25. The summed E-state index contributed by atoms with van der Waals surface area (Å²) in [4.78, 5) is 12.9. The second kappa shape index (κ2) is 5.77. The molecule has 1 fully saturated rings. The van der Waals surface area contributed by atoms with Crippen LogP contribution in [-0.4, -0.2) is 40.3 Å². The highest BCUT2D eigenvalue weighted by Crippen LogP contribution is 2.22. The number of rotatable bonds is 3. The predicted molar refractivity (Wildman–Crippen MR) is 72.5 cm³/mol. The molecule has 0 aromatic heterocycles. The highest BCUT2D eigenvalue weighted by atomic mass is 35.5. The Hall–Kier alpha value is 0.01000. The van der Waals surface area contributed by atoms with Crippen LogP contribution in [0.25, 0.3) is 0 Å². The lowest BCUT2D eigenvalue weighted by atomic mass is 9.94. The van der Waals surface area contributed by atoms with Crippen molar-refractivity contribution in [2.45, 2.75) is 50.5 Å². The Bertz CT molecular complexity index is 280. The van der Waals surface area contributed by atoms with Crippen LogP contribution >= 0.6 is 23.2 Å². The van der Waals surface area contributed by atoms with Gasteiger partial charge in [0.25, 0.3) is 5.91 Å². The van der Waals surface area contributed by atoms with Gasteiger partial charge in [-0.15, -0.1) is 0 Å².